The zero-order valence-corrected chi connectivity index (χ0v) is 19.7. The second-order valence-corrected chi connectivity index (χ2v) is 7.84. The highest BCUT2D eigenvalue weighted by Gasteiger charge is 2.31. The maximum atomic E-state index is 12.3. The van der Waals surface area contributed by atoms with E-state index in [2.05, 4.69) is 6.07 Å². The molecule has 178 valence electrons. The van der Waals surface area contributed by atoms with Crippen molar-refractivity contribution in [3.8, 4) is 34.8 Å². The van der Waals surface area contributed by atoms with E-state index in [0.29, 0.717) is 33.6 Å². The predicted octanol–water partition coefficient (Wildman–Crippen LogP) is 4.56. The van der Waals surface area contributed by atoms with E-state index in [1.165, 1.54) is 13.2 Å². The Morgan fingerprint density at radius 1 is 1.06 bits per heavy atom. The molecule has 0 aliphatic carbocycles. The molecule has 3 aromatic rings. The second-order valence-electron chi connectivity index (χ2n) is 7.43. The van der Waals surface area contributed by atoms with E-state index in [1.807, 2.05) is 6.07 Å². The number of nitrogens with zero attached hydrogens (tertiary/aromatic N) is 1. The standard InChI is InChI=1S/C26H21ClN2O6/c1-31-21-10-7-15(11-23(21)32-2)25-17-9-8-16(12-22(17)35-26(29)18(25)13-28)34-24(30)14-33-20-6-4-3-5-19(20)27/h3-12,25H,14,29H2,1-2H3. The minimum absolute atomic E-state index is 0.0367. The number of methoxy groups -OCH3 is 2. The fourth-order valence-corrected chi connectivity index (χ4v) is 3.92. The summed E-state index contributed by atoms with van der Waals surface area (Å²) in [5.41, 5.74) is 7.76. The number of para-hydroxylation sites is 1. The van der Waals surface area contributed by atoms with E-state index in [-0.39, 0.29) is 23.8 Å². The third-order valence-electron chi connectivity index (χ3n) is 5.35. The Hall–Kier alpha value is -4.35. The number of benzene rings is 3. The van der Waals surface area contributed by atoms with E-state index in [1.54, 1.807) is 55.6 Å². The largest absolute Gasteiger partial charge is 0.493 e. The first-order valence-corrected chi connectivity index (χ1v) is 10.8. The number of rotatable bonds is 7. The number of halogens is 1. The van der Waals surface area contributed by atoms with Crippen LogP contribution in [0.3, 0.4) is 0 Å². The van der Waals surface area contributed by atoms with Gasteiger partial charge in [0.1, 0.15) is 28.9 Å². The lowest BCUT2D eigenvalue weighted by molar-refractivity contribution is -0.136. The van der Waals surface area contributed by atoms with Crippen LogP contribution in [0, 0.1) is 11.3 Å². The fraction of sp³-hybridized carbons (Fsp3) is 0.154. The smallest absolute Gasteiger partial charge is 0.349 e. The van der Waals surface area contributed by atoms with Gasteiger partial charge in [0.15, 0.2) is 18.1 Å². The summed E-state index contributed by atoms with van der Waals surface area (Å²) in [7, 11) is 3.08. The Balaban J connectivity index is 1.59. The van der Waals surface area contributed by atoms with Gasteiger partial charge in [-0.1, -0.05) is 35.9 Å². The van der Waals surface area contributed by atoms with Gasteiger partial charge in [0.25, 0.3) is 0 Å². The molecule has 0 amide bonds. The second kappa shape index (κ2) is 10.3. The van der Waals surface area contributed by atoms with Crippen LogP contribution in [0.25, 0.3) is 0 Å². The fourth-order valence-electron chi connectivity index (χ4n) is 3.73. The van der Waals surface area contributed by atoms with Crippen molar-refractivity contribution in [2.75, 3.05) is 20.8 Å². The number of carbonyl (C=O) groups excluding carboxylic acids is 1. The van der Waals surface area contributed by atoms with Gasteiger partial charge >= 0.3 is 5.97 Å². The van der Waals surface area contributed by atoms with Crippen LogP contribution in [0.4, 0.5) is 0 Å². The molecule has 1 aliphatic heterocycles. The zero-order chi connectivity index (χ0) is 24.9. The van der Waals surface area contributed by atoms with Crippen LogP contribution >= 0.6 is 11.6 Å². The lowest BCUT2D eigenvalue weighted by Gasteiger charge is -2.27. The van der Waals surface area contributed by atoms with Gasteiger partial charge < -0.3 is 29.4 Å². The van der Waals surface area contributed by atoms with Crippen molar-refractivity contribution in [1.82, 2.24) is 0 Å². The molecule has 9 heteroatoms. The third kappa shape index (κ3) is 4.95. The summed E-state index contributed by atoms with van der Waals surface area (Å²) in [4.78, 5) is 12.3. The molecule has 4 rings (SSSR count). The Bertz CT molecular complexity index is 1350. The number of nitriles is 1. The van der Waals surface area contributed by atoms with Crippen molar-refractivity contribution >= 4 is 17.6 Å². The van der Waals surface area contributed by atoms with Gasteiger partial charge in [0.05, 0.1) is 25.2 Å². The van der Waals surface area contributed by atoms with Crippen LogP contribution in [0.15, 0.2) is 72.1 Å². The SMILES string of the molecule is COc1ccc(C2C(C#N)=C(N)Oc3cc(OC(=O)COc4ccccc4Cl)ccc32)cc1OC. The number of carbonyl (C=O) groups is 1. The van der Waals surface area contributed by atoms with Crippen LogP contribution < -0.4 is 29.4 Å². The highest BCUT2D eigenvalue weighted by atomic mass is 35.5. The minimum Gasteiger partial charge on any atom is -0.493 e. The highest BCUT2D eigenvalue weighted by Crippen LogP contribution is 2.45. The molecule has 1 unspecified atom stereocenters. The molecule has 1 aliphatic rings. The summed E-state index contributed by atoms with van der Waals surface area (Å²) < 4.78 is 27.2. The first-order chi connectivity index (χ1) is 16.9. The van der Waals surface area contributed by atoms with Crippen molar-refractivity contribution in [2.24, 2.45) is 5.73 Å². The molecular weight excluding hydrogens is 472 g/mol. The van der Waals surface area contributed by atoms with Crippen molar-refractivity contribution in [3.05, 3.63) is 88.3 Å². The van der Waals surface area contributed by atoms with Gasteiger partial charge in [0.2, 0.25) is 5.88 Å². The normalized spacial score (nSPS) is 14.3. The molecule has 0 radical (unpaired) electrons. The summed E-state index contributed by atoms with van der Waals surface area (Å²) in [5.74, 6) is 0.854. The van der Waals surface area contributed by atoms with Crippen LogP contribution in [-0.2, 0) is 4.79 Å². The summed E-state index contributed by atoms with van der Waals surface area (Å²) in [6.45, 7) is -0.337. The van der Waals surface area contributed by atoms with Gasteiger partial charge in [0, 0.05) is 11.6 Å². The van der Waals surface area contributed by atoms with Gasteiger partial charge in [-0.05, 0) is 35.9 Å². The Kier molecular flexibility index (Phi) is 6.99. The first kappa shape index (κ1) is 23.8. The van der Waals surface area contributed by atoms with Crippen molar-refractivity contribution in [3.63, 3.8) is 0 Å². The molecule has 2 N–H and O–H groups in total. The quantitative estimate of drug-likeness (QED) is 0.377. The number of fused-ring (bicyclic) bond motifs is 1. The highest BCUT2D eigenvalue weighted by molar-refractivity contribution is 6.32. The Morgan fingerprint density at radius 3 is 2.54 bits per heavy atom. The van der Waals surface area contributed by atoms with Crippen molar-refractivity contribution in [2.45, 2.75) is 5.92 Å². The Morgan fingerprint density at radius 2 is 1.83 bits per heavy atom. The first-order valence-electron chi connectivity index (χ1n) is 10.5. The molecule has 8 nitrogen and oxygen atoms in total. The van der Waals surface area contributed by atoms with Crippen LogP contribution in [-0.4, -0.2) is 26.8 Å². The zero-order valence-electron chi connectivity index (χ0n) is 18.9. The summed E-state index contributed by atoms with van der Waals surface area (Å²) in [6, 6.07) is 19.2. The molecule has 0 saturated carbocycles. The molecular formula is C26H21ClN2O6. The molecule has 0 bridgehead atoms. The maximum Gasteiger partial charge on any atom is 0.349 e. The van der Waals surface area contributed by atoms with E-state index >= 15 is 0 Å². The average Bonchev–Trinajstić information content (AvgIpc) is 2.86. The average molecular weight is 493 g/mol. The lowest BCUT2D eigenvalue weighted by Crippen LogP contribution is -2.22. The summed E-state index contributed by atoms with van der Waals surface area (Å²) >= 11 is 6.04. The number of hydrogen-bond acceptors (Lipinski definition) is 8. The molecule has 1 atom stereocenters. The van der Waals surface area contributed by atoms with Gasteiger partial charge in [-0.15, -0.1) is 0 Å². The summed E-state index contributed by atoms with van der Waals surface area (Å²) in [6.07, 6.45) is 0. The number of hydrogen-bond donors (Lipinski definition) is 1. The minimum atomic E-state index is -0.627. The van der Waals surface area contributed by atoms with Crippen molar-refractivity contribution < 1.29 is 28.5 Å². The molecule has 1 heterocycles. The lowest BCUT2D eigenvalue weighted by atomic mass is 9.83. The third-order valence-corrected chi connectivity index (χ3v) is 5.66. The van der Waals surface area contributed by atoms with Crippen molar-refractivity contribution in [1.29, 1.82) is 5.26 Å². The van der Waals surface area contributed by atoms with E-state index in [0.717, 1.165) is 5.56 Å². The number of esters is 1. The molecule has 0 fully saturated rings. The van der Waals surface area contributed by atoms with Gasteiger partial charge in [-0.25, -0.2) is 4.79 Å². The summed E-state index contributed by atoms with van der Waals surface area (Å²) in [5, 5.41) is 10.2. The van der Waals surface area contributed by atoms with E-state index in [4.69, 9.17) is 41.0 Å². The maximum absolute atomic E-state index is 12.3. The van der Waals surface area contributed by atoms with Gasteiger partial charge in [-0.3, -0.25) is 0 Å². The number of ether oxygens (including phenoxy) is 5. The van der Waals surface area contributed by atoms with Gasteiger partial charge in [-0.2, -0.15) is 5.26 Å². The van der Waals surface area contributed by atoms with Crippen LogP contribution in [0.1, 0.15) is 17.0 Å². The monoisotopic (exact) mass is 492 g/mol. The molecule has 0 spiro atoms. The van der Waals surface area contributed by atoms with Crippen LogP contribution in [0.2, 0.25) is 5.02 Å². The molecule has 0 saturated heterocycles. The Labute approximate surface area is 207 Å². The molecule has 35 heavy (non-hydrogen) atoms. The predicted molar refractivity (Wildman–Crippen MR) is 128 cm³/mol. The number of allylic oxidation sites excluding steroid dienone is 1. The van der Waals surface area contributed by atoms with Crippen LogP contribution in [0.5, 0.6) is 28.7 Å². The molecule has 3 aromatic carbocycles. The topological polar surface area (TPSA) is 113 Å². The number of nitrogens with two attached hydrogens (primary N) is 1. The molecule has 0 aromatic heterocycles. The van der Waals surface area contributed by atoms with E-state index < -0.39 is 11.9 Å². The van der Waals surface area contributed by atoms with E-state index in [9.17, 15) is 10.1 Å².